The maximum absolute atomic E-state index is 10.3. The molecule has 0 saturated carbocycles. The van der Waals surface area contributed by atoms with E-state index in [0.29, 0.717) is 13.1 Å². The fraction of sp³-hybridized carbons (Fsp3) is 0.417. The summed E-state index contributed by atoms with van der Waals surface area (Å²) in [7, 11) is 0. The van der Waals surface area contributed by atoms with Crippen molar-refractivity contribution in [3.8, 4) is 0 Å². The van der Waals surface area contributed by atoms with Gasteiger partial charge in [0.1, 0.15) is 0 Å². The molecule has 0 spiro atoms. The Bertz CT molecular complexity index is 353. The van der Waals surface area contributed by atoms with E-state index in [4.69, 9.17) is 5.11 Å². The molecule has 0 radical (unpaired) electrons. The Morgan fingerprint density at radius 1 is 1.35 bits per heavy atom. The van der Waals surface area contributed by atoms with Crippen LogP contribution in [0.25, 0.3) is 0 Å². The number of carboxylic acids is 1. The zero-order chi connectivity index (χ0) is 12.7. The zero-order valence-corrected chi connectivity index (χ0v) is 11.0. The highest BCUT2D eigenvalue weighted by atomic mass is 79.9. The van der Waals surface area contributed by atoms with Gasteiger partial charge in [0, 0.05) is 24.0 Å². The largest absolute Gasteiger partial charge is 0.481 e. The molecule has 0 aliphatic carbocycles. The van der Waals surface area contributed by atoms with E-state index in [-0.39, 0.29) is 12.8 Å². The van der Waals surface area contributed by atoms with E-state index >= 15 is 0 Å². The first-order chi connectivity index (χ1) is 8.08. The number of hydrogen-bond donors (Lipinski definition) is 3. The van der Waals surface area contributed by atoms with Gasteiger partial charge < -0.3 is 15.5 Å². The second-order valence-electron chi connectivity index (χ2n) is 3.84. The third-order valence-corrected chi connectivity index (χ3v) is 2.84. The average molecular weight is 302 g/mol. The number of benzene rings is 1. The summed E-state index contributed by atoms with van der Waals surface area (Å²) in [6.45, 7) is 1.07. The summed E-state index contributed by atoms with van der Waals surface area (Å²) in [5.74, 6) is -0.878. The van der Waals surface area contributed by atoms with Gasteiger partial charge in [-0.2, -0.15) is 0 Å². The summed E-state index contributed by atoms with van der Waals surface area (Å²) < 4.78 is 1.03. The maximum atomic E-state index is 10.3. The van der Waals surface area contributed by atoms with Gasteiger partial charge in [-0.1, -0.05) is 28.1 Å². The van der Waals surface area contributed by atoms with Crippen molar-refractivity contribution < 1.29 is 15.0 Å². The van der Waals surface area contributed by atoms with Crippen LogP contribution in [0.15, 0.2) is 28.7 Å². The Morgan fingerprint density at radius 3 is 2.59 bits per heavy atom. The van der Waals surface area contributed by atoms with Crippen molar-refractivity contribution in [3.63, 3.8) is 0 Å². The Morgan fingerprint density at radius 2 is 2.00 bits per heavy atom. The van der Waals surface area contributed by atoms with Crippen molar-refractivity contribution in [3.05, 3.63) is 34.3 Å². The predicted molar refractivity (Wildman–Crippen MR) is 68.7 cm³/mol. The molecule has 0 aromatic heterocycles. The van der Waals surface area contributed by atoms with Crippen LogP contribution in [0.1, 0.15) is 18.4 Å². The minimum absolute atomic E-state index is 0.00112. The molecule has 0 bridgehead atoms. The predicted octanol–water partition coefficient (Wildman–Crippen LogP) is 1.76. The molecule has 0 heterocycles. The molecule has 0 fully saturated rings. The Balaban J connectivity index is 2.18. The third-order valence-electron chi connectivity index (χ3n) is 2.31. The van der Waals surface area contributed by atoms with Gasteiger partial charge in [-0.3, -0.25) is 4.79 Å². The van der Waals surface area contributed by atoms with Crippen molar-refractivity contribution in [1.29, 1.82) is 0 Å². The lowest BCUT2D eigenvalue weighted by molar-refractivity contribution is -0.137. The molecule has 5 heteroatoms. The average Bonchev–Trinajstić information content (AvgIpc) is 2.29. The van der Waals surface area contributed by atoms with Crippen LogP contribution in [0.2, 0.25) is 0 Å². The Kier molecular flexibility index (Phi) is 6.18. The summed E-state index contributed by atoms with van der Waals surface area (Å²) in [6, 6.07) is 7.89. The molecular formula is C12H16BrNO3. The zero-order valence-electron chi connectivity index (χ0n) is 9.40. The summed E-state index contributed by atoms with van der Waals surface area (Å²) >= 11 is 3.35. The molecule has 94 valence electrons. The lowest BCUT2D eigenvalue weighted by atomic mass is 10.2. The molecule has 0 aliphatic heterocycles. The Labute approximate surface area is 109 Å². The van der Waals surface area contributed by atoms with Gasteiger partial charge in [0.05, 0.1) is 6.10 Å². The minimum atomic E-state index is -0.878. The molecule has 1 rings (SSSR count). The topological polar surface area (TPSA) is 69.6 Å². The minimum Gasteiger partial charge on any atom is -0.481 e. The quantitative estimate of drug-likeness (QED) is 0.718. The number of nitrogens with one attached hydrogen (secondary N) is 1. The van der Waals surface area contributed by atoms with E-state index in [0.717, 1.165) is 10.0 Å². The summed E-state index contributed by atoms with van der Waals surface area (Å²) in [4.78, 5) is 10.3. The number of aliphatic carboxylic acids is 1. The first kappa shape index (κ1) is 14.2. The molecule has 17 heavy (non-hydrogen) atoms. The second kappa shape index (κ2) is 7.42. The lowest BCUT2D eigenvalue weighted by Gasteiger charge is -2.10. The van der Waals surface area contributed by atoms with E-state index in [1.807, 2.05) is 24.3 Å². The standard InChI is InChI=1S/C12H16BrNO3/c13-10-3-1-9(2-4-10)7-14-8-11(15)5-6-12(16)17/h1-4,11,14-15H,5-8H2,(H,16,17). The molecule has 0 saturated heterocycles. The van der Waals surface area contributed by atoms with E-state index in [1.165, 1.54) is 0 Å². The van der Waals surface area contributed by atoms with Gasteiger partial charge in [-0.15, -0.1) is 0 Å². The molecule has 1 aromatic rings. The van der Waals surface area contributed by atoms with Gasteiger partial charge in [0.2, 0.25) is 0 Å². The van der Waals surface area contributed by atoms with E-state index < -0.39 is 12.1 Å². The maximum Gasteiger partial charge on any atom is 0.303 e. The number of aliphatic hydroxyl groups is 1. The number of carboxylic acid groups (broad SMARTS) is 1. The molecule has 3 N–H and O–H groups in total. The first-order valence-electron chi connectivity index (χ1n) is 5.43. The first-order valence-corrected chi connectivity index (χ1v) is 6.22. The van der Waals surface area contributed by atoms with Crippen LogP contribution in [-0.4, -0.2) is 28.8 Å². The van der Waals surface area contributed by atoms with Gasteiger partial charge in [0.25, 0.3) is 0 Å². The van der Waals surface area contributed by atoms with Crippen molar-refractivity contribution in [2.75, 3.05) is 6.54 Å². The SMILES string of the molecule is O=C(O)CCC(O)CNCc1ccc(Br)cc1. The Hall–Kier alpha value is -0.910. The van der Waals surface area contributed by atoms with E-state index in [9.17, 15) is 9.90 Å². The molecule has 1 atom stereocenters. The van der Waals surface area contributed by atoms with Crippen molar-refractivity contribution in [2.45, 2.75) is 25.5 Å². The molecular weight excluding hydrogens is 286 g/mol. The second-order valence-corrected chi connectivity index (χ2v) is 4.76. The van der Waals surface area contributed by atoms with Crippen LogP contribution in [0.3, 0.4) is 0 Å². The number of aliphatic hydroxyl groups excluding tert-OH is 1. The van der Waals surface area contributed by atoms with Gasteiger partial charge in [-0.05, 0) is 24.1 Å². The van der Waals surface area contributed by atoms with E-state index in [2.05, 4.69) is 21.2 Å². The lowest BCUT2D eigenvalue weighted by Crippen LogP contribution is -2.26. The summed E-state index contributed by atoms with van der Waals surface area (Å²) in [6.07, 6.45) is -0.328. The fourth-order valence-electron chi connectivity index (χ4n) is 1.38. The summed E-state index contributed by atoms with van der Waals surface area (Å²) in [5.41, 5.74) is 1.12. The smallest absolute Gasteiger partial charge is 0.303 e. The normalized spacial score (nSPS) is 12.4. The highest BCUT2D eigenvalue weighted by Crippen LogP contribution is 2.10. The number of hydrogen-bond acceptors (Lipinski definition) is 3. The van der Waals surface area contributed by atoms with Crippen LogP contribution < -0.4 is 5.32 Å². The van der Waals surface area contributed by atoms with Crippen molar-refractivity contribution in [2.24, 2.45) is 0 Å². The van der Waals surface area contributed by atoms with Gasteiger partial charge in [0.15, 0.2) is 0 Å². The number of rotatable bonds is 7. The van der Waals surface area contributed by atoms with Crippen LogP contribution in [0, 0.1) is 0 Å². The van der Waals surface area contributed by atoms with Crippen LogP contribution in [0.4, 0.5) is 0 Å². The summed E-state index contributed by atoms with van der Waals surface area (Å²) in [5, 5.41) is 21.0. The molecule has 0 aliphatic rings. The monoisotopic (exact) mass is 301 g/mol. The van der Waals surface area contributed by atoms with Gasteiger partial charge in [-0.25, -0.2) is 0 Å². The molecule has 1 aromatic carbocycles. The van der Waals surface area contributed by atoms with E-state index in [1.54, 1.807) is 0 Å². The van der Waals surface area contributed by atoms with Crippen molar-refractivity contribution in [1.82, 2.24) is 5.32 Å². The highest BCUT2D eigenvalue weighted by Gasteiger charge is 2.06. The van der Waals surface area contributed by atoms with Crippen LogP contribution in [-0.2, 0) is 11.3 Å². The van der Waals surface area contributed by atoms with Crippen LogP contribution in [0.5, 0.6) is 0 Å². The fourth-order valence-corrected chi connectivity index (χ4v) is 1.64. The van der Waals surface area contributed by atoms with Gasteiger partial charge >= 0.3 is 5.97 Å². The molecule has 0 amide bonds. The number of carbonyl (C=O) groups is 1. The highest BCUT2D eigenvalue weighted by molar-refractivity contribution is 9.10. The van der Waals surface area contributed by atoms with Crippen LogP contribution >= 0.6 is 15.9 Å². The van der Waals surface area contributed by atoms with Crippen molar-refractivity contribution >= 4 is 21.9 Å². The molecule has 4 nitrogen and oxygen atoms in total. The third kappa shape index (κ3) is 6.41. The molecule has 1 unspecified atom stereocenters. The number of halogens is 1.